The first-order chi connectivity index (χ1) is 8.25. The molecule has 86 valence electrons. The van der Waals surface area contributed by atoms with Crippen molar-refractivity contribution in [2.45, 2.75) is 19.5 Å². The van der Waals surface area contributed by atoms with Crippen molar-refractivity contribution in [3.63, 3.8) is 0 Å². The molecule has 1 atom stereocenters. The summed E-state index contributed by atoms with van der Waals surface area (Å²) >= 11 is 0. The number of hydrogen-bond acceptors (Lipinski definition) is 1. The van der Waals surface area contributed by atoms with Gasteiger partial charge in [-0.1, -0.05) is 36.4 Å². The van der Waals surface area contributed by atoms with Crippen LogP contribution in [-0.4, -0.2) is 0 Å². The van der Waals surface area contributed by atoms with Gasteiger partial charge in [-0.15, -0.1) is 0 Å². The lowest BCUT2D eigenvalue weighted by Crippen LogP contribution is -2.13. The highest BCUT2D eigenvalue weighted by Crippen LogP contribution is 2.31. The summed E-state index contributed by atoms with van der Waals surface area (Å²) in [7, 11) is 0. The number of rotatable bonds is 1. The summed E-state index contributed by atoms with van der Waals surface area (Å²) < 4.78 is 13.6. The Bertz CT molecular complexity index is 563. The summed E-state index contributed by atoms with van der Waals surface area (Å²) in [6.07, 6.45) is 0. The molecule has 1 aliphatic rings. The molecule has 1 unspecified atom stereocenters. The zero-order valence-corrected chi connectivity index (χ0v) is 9.70. The molecule has 2 heteroatoms. The van der Waals surface area contributed by atoms with Crippen LogP contribution in [0.4, 0.5) is 4.39 Å². The monoisotopic (exact) mass is 227 g/mol. The number of hydrogen-bond donors (Lipinski definition) is 1. The van der Waals surface area contributed by atoms with Crippen LogP contribution in [0.2, 0.25) is 0 Å². The van der Waals surface area contributed by atoms with E-state index in [9.17, 15) is 4.39 Å². The maximum absolute atomic E-state index is 13.6. The summed E-state index contributed by atoms with van der Waals surface area (Å²) in [5.41, 5.74) is 4.26. The summed E-state index contributed by atoms with van der Waals surface area (Å²) in [6, 6.07) is 13.9. The maximum atomic E-state index is 13.6. The number of nitrogens with one attached hydrogen (secondary N) is 1. The van der Waals surface area contributed by atoms with Gasteiger partial charge in [0, 0.05) is 6.54 Å². The summed E-state index contributed by atoms with van der Waals surface area (Å²) in [5.74, 6) is -0.131. The molecule has 0 bridgehead atoms. The summed E-state index contributed by atoms with van der Waals surface area (Å²) in [6.45, 7) is 2.64. The Morgan fingerprint density at radius 1 is 1.18 bits per heavy atom. The van der Waals surface area contributed by atoms with Crippen molar-refractivity contribution in [3.05, 3.63) is 70.5 Å². The quantitative estimate of drug-likeness (QED) is 0.788. The normalized spacial score (nSPS) is 18.1. The molecule has 0 aromatic heterocycles. The first-order valence-electron chi connectivity index (χ1n) is 5.83. The largest absolute Gasteiger partial charge is 0.302 e. The molecular weight excluding hydrogens is 213 g/mol. The molecule has 0 saturated heterocycles. The molecule has 3 rings (SSSR count). The maximum Gasteiger partial charge on any atom is 0.126 e. The standard InChI is InChI=1S/C15H14FN/c1-10-6-7-11(8-14(10)16)15-13-5-3-2-4-12(13)9-17-15/h2-8,15,17H,9H2,1H3. The Hall–Kier alpha value is -1.67. The fraction of sp³-hybridized carbons (Fsp3) is 0.200. The van der Waals surface area contributed by atoms with E-state index in [0.29, 0.717) is 5.56 Å². The van der Waals surface area contributed by atoms with Crippen LogP contribution in [0, 0.1) is 12.7 Å². The third-order valence-electron chi connectivity index (χ3n) is 3.39. The SMILES string of the molecule is Cc1ccc(C2NCc3ccccc32)cc1F. The lowest BCUT2D eigenvalue weighted by molar-refractivity contribution is 0.606. The van der Waals surface area contributed by atoms with E-state index in [1.165, 1.54) is 11.1 Å². The van der Waals surface area contributed by atoms with E-state index in [-0.39, 0.29) is 11.9 Å². The fourth-order valence-corrected chi connectivity index (χ4v) is 2.38. The molecule has 0 aliphatic carbocycles. The Morgan fingerprint density at radius 2 is 2.00 bits per heavy atom. The van der Waals surface area contributed by atoms with Crippen molar-refractivity contribution in [1.82, 2.24) is 5.32 Å². The summed E-state index contributed by atoms with van der Waals surface area (Å²) in [4.78, 5) is 0. The van der Waals surface area contributed by atoms with Gasteiger partial charge in [0.25, 0.3) is 0 Å². The molecule has 0 amide bonds. The molecule has 0 spiro atoms. The molecule has 0 fully saturated rings. The second-order valence-corrected chi connectivity index (χ2v) is 4.52. The van der Waals surface area contributed by atoms with Gasteiger partial charge in [0.1, 0.15) is 5.82 Å². The summed E-state index contributed by atoms with van der Waals surface area (Å²) in [5, 5.41) is 3.42. The van der Waals surface area contributed by atoms with Crippen molar-refractivity contribution < 1.29 is 4.39 Å². The molecule has 2 aromatic rings. The number of fused-ring (bicyclic) bond motifs is 1. The molecule has 1 N–H and O–H groups in total. The second-order valence-electron chi connectivity index (χ2n) is 4.52. The molecule has 17 heavy (non-hydrogen) atoms. The van der Waals surface area contributed by atoms with E-state index < -0.39 is 0 Å². The van der Waals surface area contributed by atoms with E-state index >= 15 is 0 Å². The Labute approximate surface area is 100 Å². The lowest BCUT2D eigenvalue weighted by Gasteiger charge is -2.13. The minimum Gasteiger partial charge on any atom is -0.302 e. The molecular formula is C15H14FN. The minimum atomic E-state index is -0.131. The fourth-order valence-electron chi connectivity index (χ4n) is 2.38. The molecule has 2 aromatic carbocycles. The second kappa shape index (κ2) is 3.97. The van der Waals surface area contributed by atoms with Crippen LogP contribution in [0.5, 0.6) is 0 Å². The first kappa shape index (κ1) is 10.5. The zero-order chi connectivity index (χ0) is 11.8. The Balaban J connectivity index is 2.04. The van der Waals surface area contributed by atoms with Crippen LogP contribution < -0.4 is 5.32 Å². The van der Waals surface area contributed by atoms with E-state index in [4.69, 9.17) is 0 Å². The van der Waals surface area contributed by atoms with E-state index in [2.05, 4.69) is 17.4 Å². The average molecular weight is 227 g/mol. The van der Waals surface area contributed by atoms with E-state index in [1.807, 2.05) is 24.3 Å². The smallest absolute Gasteiger partial charge is 0.126 e. The molecule has 0 saturated carbocycles. The number of halogens is 1. The topological polar surface area (TPSA) is 12.0 Å². The molecule has 0 radical (unpaired) electrons. The van der Waals surface area contributed by atoms with Crippen molar-refractivity contribution >= 4 is 0 Å². The third-order valence-corrected chi connectivity index (χ3v) is 3.39. The van der Waals surface area contributed by atoms with Crippen molar-refractivity contribution in [2.24, 2.45) is 0 Å². The first-order valence-corrected chi connectivity index (χ1v) is 5.83. The van der Waals surface area contributed by atoms with Gasteiger partial charge in [-0.25, -0.2) is 4.39 Å². The zero-order valence-electron chi connectivity index (χ0n) is 9.70. The number of benzene rings is 2. The average Bonchev–Trinajstić information content (AvgIpc) is 2.76. The van der Waals surface area contributed by atoms with Gasteiger partial charge in [0.15, 0.2) is 0 Å². The van der Waals surface area contributed by atoms with Crippen LogP contribution in [0.15, 0.2) is 42.5 Å². The minimum absolute atomic E-state index is 0.126. The van der Waals surface area contributed by atoms with Gasteiger partial charge >= 0.3 is 0 Å². The van der Waals surface area contributed by atoms with Crippen molar-refractivity contribution in [3.8, 4) is 0 Å². The van der Waals surface area contributed by atoms with E-state index in [1.54, 1.807) is 13.0 Å². The highest BCUT2D eigenvalue weighted by Gasteiger charge is 2.22. The van der Waals surface area contributed by atoms with Crippen LogP contribution >= 0.6 is 0 Å². The predicted octanol–water partition coefficient (Wildman–Crippen LogP) is 3.33. The van der Waals surface area contributed by atoms with E-state index in [0.717, 1.165) is 12.1 Å². The number of aryl methyl sites for hydroxylation is 1. The highest BCUT2D eigenvalue weighted by molar-refractivity contribution is 5.41. The van der Waals surface area contributed by atoms with Crippen molar-refractivity contribution in [2.75, 3.05) is 0 Å². The van der Waals surface area contributed by atoms with Crippen LogP contribution in [0.1, 0.15) is 28.3 Å². The van der Waals surface area contributed by atoms with Crippen molar-refractivity contribution in [1.29, 1.82) is 0 Å². The van der Waals surface area contributed by atoms with Gasteiger partial charge in [-0.3, -0.25) is 0 Å². The van der Waals surface area contributed by atoms with Gasteiger partial charge in [-0.05, 0) is 35.2 Å². The van der Waals surface area contributed by atoms with Gasteiger partial charge < -0.3 is 5.32 Å². The van der Waals surface area contributed by atoms with Crippen LogP contribution in [-0.2, 0) is 6.54 Å². The predicted molar refractivity (Wildman–Crippen MR) is 66.3 cm³/mol. The van der Waals surface area contributed by atoms with Gasteiger partial charge in [0.2, 0.25) is 0 Å². The van der Waals surface area contributed by atoms with Gasteiger partial charge in [0.05, 0.1) is 6.04 Å². The van der Waals surface area contributed by atoms with Crippen LogP contribution in [0.25, 0.3) is 0 Å². The third kappa shape index (κ3) is 1.75. The lowest BCUT2D eigenvalue weighted by atomic mass is 9.98. The highest BCUT2D eigenvalue weighted by atomic mass is 19.1. The molecule has 1 heterocycles. The van der Waals surface area contributed by atoms with Crippen LogP contribution in [0.3, 0.4) is 0 Å². The molecule has 1 nitrogen and oxygen atoms in total. The Kier molecular flexibility index (Phi) is 2.45. The molecule has 1 aliphatic heterocycles. The Morgan fingerprint density at radius 3 is 2.82 bits per heavy atom. The van der Waals surface area contributed by atoms with Gasteiger partial charge in [-0.2, -0.15) is 0 Å².